The molecule has 0 fully saturated rings. The number of aryl methyl sites for hydroxylation is 2. The molecule has 3 nitrogen and oxygen atoms in total. The highest BCUT2D eigenvalue weighted by Crippen LogP contribution is 2.29. The summed E-state index contributed by atoms with van der Waals surface area (Å²) in [6, 6.07) is 15.3. The maximum Gasteiger partial charge on any atom is 0.267 e. The number of nitrogens with zero attached hydrogens (tertiary/aromatic N) is 1. The number of anilines is 1. The Bertz CT molecular complexity index is 859. The van der Waals surface area contributed by atoms with Gasteiger partial charge in [-0.15, -0.1) is 11.3 Å². The van der Waals surface area contributed by atoms with Gasteiger partial charge in [0.1, 0.15) is 9.88 Å². The standard InChI is InChI=1S/C18H15ClN2OS/c1-11-8-9-14(19)10-15(11)21-17(22)16-12(2)20-18(23-16)13-6-4-3-5-7-13/h3-10H,1-2H3,(H,21,22). The minimum Gasteiger partial charge on any atom is -0.321 e. The lowest BCUT2D eigenvalue weighted by Crippen LogP contribution is -2.12. The third kappa shape index (κ3) is 3.44. The molecule has 0 aliphatic rings. The normalized spacial score (nSPS) is 10.6. The van der Waals surface area contributed by atoms with Crippen LogP contribution in [-0.4, -0.2) is 10.9 Å². The predicted molar refractivity (Wildman–Crippen MR) is 96.4 cm³/mol. The molecule has 116 valence electrons. The summed E-state index contributed by atoms with van der Waals surface area (Å²) < 4.78 is 0. The minimum absolute atomic E-state index is 0.160. The first-order chi connectivity index (χ1) is 11.0. The average Bonchev–Trinajstić information content (AvgIpc) is 2.94. The van der Waals surface area contributed by atoms with Crippen LogP contribution in [0.25, 0.3) is 10.6 Å². The van der Waals surface area contributed by atoms with Crippen molar-refractivity contribution in [3.63, 3.8) is 0 Å². The Morgan fingerprint density at radius 2 is 1.87 bits per heavy atom. The van der Waals surface area contributed by atoms with E-state index in [0.29, 0.717) is 9.90 Å². The molecular formula is C18H15ClN2OS. The summed E-state index contributed by atoms with van der Waals surface area (Å²) in [4.78, 5) is 17.7. The van der Waals surface area contributed by atoms with Crippen LogP contribution >= 0.6 is 22.9 Å². The van der Waals surface area contributed by atoms with Crippen molar-refractivity contribution in [2.45, 2.75) is 13.8 Å². The van der Waals surface area contributed by atoms with E-state index in [9.17, 15) is 4.79 Å². The zero-order chi connectivity index (χ0) is 16.4. The Labute approximate surface area is 144 Å². The van der Waals surface area contributed by atoms with E-state index < -0.39 is 0 Å². The lowest BCUT2D eigenvalue weighted by Gasteiger charge is -2.07. The van der Waals surface area contributed by atoms with Crippen LogP contribution in [0.1, 0.15) is 20.9 Å². The maximum atomic E-state index is 12.6. The zero-order valence-corrected chi connectivity index (χ0v) is 14.3. The lowest BCUT2D eigenvalue weighted by molar-refractivity contribution is 0.102. The second-order valence-corrected chi connectivity index (χ2v) is 6.65. The molecular weight excluding hydrogens is 328 g/mol. The molecule has 1 amide bonds. The van der Waals surface area contributed by atoms with Gasteiger partial charge in [0.2, 0.25) is 0 Å². The van der Waals surface area contributed by atoms with Gasteiger partial charge in [-0.25, -0.2) is 4.98 Å². The molecule has 23 heavy (non-hydrogen) atoms. The van der Waals surface area contributed by atoms with Gasteiger partial charge in [-0.1, -0.05) is 48.0 Å². The van der Waals surface area contributed by atoms with Crippen molar-refractivity contribution in [2.75, 3.05) is 5.32 Å². The zero-order valence-electron chi connectivity index (χ0n) is 12.8. The quantitative estimate of drug-likeness (QED) is 0.698. The summed E-state index contributed by atoms with van der Waals surface area (Å²) in [5.41, 5.74) is 3.43. The molecule has 0 saturated carbocycles. The van der Waals surface area contributed by atoms with Crippen molar-refractivity contribution in [2.24, 2.45) is 0 Å². The highest BCUT2D eigenvalue weighted by atomic mass is 35.5. The van der Waals surface area contributed by atoms with Gasteiger partial charge >= 0.3 is 0 Å². The van der Waals surface area contributed by atoms with E-state index in [2.05, 4.69) is 10.3 Å². The molecule has 0 radical (unpaired) electrons. The highest BCUT2D eigenvalue weighted by molar-refractivity contribution is 7.17. The third-order valence-corrected chi connectivity index (χ3v) is 4.91. The summed E-state index contributed by atoms with van der Waals surface area (Å²) in [6.07, 6.45) is 0. The van der Waals surface area contributed by atoms with Crippen LogP contribution < -0.4 is 5.32 Å². The van der Waals surface area contributed by atoms with Crippen LogP contribution in [-0.2, 0) is 0 Å². The van der Waals surface area contributed by atoms with Gasteiger partial charge in [0.25, 0.3) is 5.91 Å². The number of carbonyl (C=O) groups excluding carboxylic acids is 1. The largest absolute Gasteiger partial charge is 0.321 e. The molecule has 3 rings (SSSR count). The maximum absolute atomic E-state index is 12.6. The van der Waals surface area contributed by atoms with Crippen molar-refractivity contribution in [1.82, 2.24) is 4.98 Å². The molecule has 1 aromatic heterocycles. The fourth-order valence-corrected chi connectivity index (χ4v) is 3.36. The van der Waals surface area contributed by atoms with Crippen LogP contribution in [0.15, 0.2) is 48.5 Å². The molecule has 2 aromatic carbocycles. The van der Waals surface area contributed by atoms with Crippen LogP contribution in [0.5, 0.6) is 0 Å². The number of benzene rings is 2. The van der Waals surface area contributed by atoms with Gasteiger partial charge < -0.3 is 5.32 Å². The van der Waals surface area contributed by atoms with Gasteiger partial charge in [-0.05, 0) is 31.5 Å². The summed E-state index contributed by atoms with van der Waals surface area (Å²) in [5, 5.41) is 4.36. The topological polar surface area (TPSA) is 42.0 Å². The van der Waals surface area contributed by atoms with Gasteiger partial charge in [-0.2, -0.15) is 0 Å². The predicted octanol–water partition coefficient (Wildman–Crippen LogP) is 5.33. The number of rotatable bonds is 3. The second kappa shape index (κ2) is 6.52. The average molecular weight is 343 g/mol. The number of aromatic nitrogens is 1. The molecule has 3 aromatic rings. The van der Waals surface area contributed by atoms with Crippen LogP contribution in [0.3, 0.4) is 0 Å². The molecule has 0 spiro atoms. The third-order valence-electron chi connectivity index (χ3n) is 3.47. The van der Waals surface area contributed by atoms with Gasteiger partial charge in [0, 0.05) is 16.3 Å². The Balaban J connectivity index is 1.88. The summed E-state index contributed by atoms with van der Waals surface area (Å²) in [6.45, 7) is 3.78. The van der Waals surface area contributed by atoms with Crippen LogP contribution in [0.2, 0.25) is 5.02 Å². The molecule has 0 aliphatic carbocycles. The Morgan fingerprint density at radius 1 is 1.13 bits per heavy atom. The Morgan fingerprint density at radius 3 is 2.61 bits per heavy atom. The van der Waals surface area contributed by atoms with Crippen molar-refractivity contribution in [3.8, 4) is 10.6 Å². The first-order valence-corrected chi connectivity index (χ1v) is 8.34. The van der Waals surface area contributed by atoms with Crippen molar-refractivity contribution in [3.05, 3.63) is 69.7 Å². The van der Waals surface area contributed by atoms with Gasteiger partial charge in [0.05, 0.1) is 5.69 Å². The van der Waals surface area contributed by atoms with Crippen LogP contribution in [0, 0.1) is 13.8 Å². The van der Waals surface area contributed by atoms with E-state index in [1.54, 1.807) is 12.1 Å². The number of hydrogen-bond acceptors (Lipinski definition) is 3. The number of halogens is 1. The summed E-state index contributed by atoms with van der Waals surface area (Å²) in [7, 11) is 0. The fraction of sp³-hybridized carbons (Fsp3) is 0.111. The van der Waals surface area contributed by atoms with E-state index in [1.807, 2.05) is 50.2 Å². The molecule has 0 bridgehead atoms. The Kier molecular flexibility index (Phi) is 4.46. The van der Waals surface area contributed by atoms with E-state index >= 15 is 0 Å². The van der Waals surface area contributed by atoms with Gasteiger partial charge in [0.15, 0.2) is 0 Å². The summed E-state index contributed by atoms with van der Waals surface area (Å²) >= 11 is 7.39. The lowest BCUT2D eigenvalue weighted by atomic mass is 10.2. The number of nitrogens with one attached hydrogen (secondary N) is 1. The highest BCUT2D eigenvalue weighted by Gasteiger charge is 2.17. The Hall–Kier alpha value is -2.17. The SMILES string of the molecule is Cc1ccc(Cl)cc1NC(=O)c1sc(-c2ccccc2)nc1C. The van der Waals surface area contributed by atoms with E-state index in [0.717, 1.165) is 27.5 Å². The molecule has 0 unspecified atom stereocenters. The first kappa shape index (κ1) is 15.7. The molecule has 0 atom stereocenters. The molecule has 1 heterocycles. The summed E-state index contributed by atoms with van der Waals surface area (Å²) in [5.74, 6) is -0.160. The van der Waals surface area contributed by atoms with E-state index in [1.165, 1.54) is 11.3 Å². The first-order valence-electron chi connectivity index (χ1n) is 7.15. The van der Waals surface area contributed by atoms with Crippen molar-refractivity contribution >= 4 is 34.5 Å². The second-order valence-electron chi connectivity index (χ2n) is 5.21. The molecule has 1 N–H and O–H groups in total. The minimum atomic E-state index is -0.160. The number of thiazole rings is 1. The number of hydrogen-bond donors (Lipinski definition) is 1. The van der Waals surface area contributed by atoms with E-state index in [4.69, 9.17) is 11.6 Å². The number of carbonyl (C=O) groups is 1. The molecule has 0 saturated heterocycles. The van der Waals surface area contributed by atoms with Crippen molar-refractivity contribution < 1.29 is 4.79 Å². The smallest absolute Gasteiger partial charge is 0.267 e. The van der Waals surface area contributed by atoms with Gasteiger partial charge in [-0.3, -0.25) is 4.79 Å². The fourth-order valence-electron chi connectivity index (χ4n) is 2.22. The van der Waals surface area contributed by atoms with Crippen LogP contribution in [0.4, 0.5) is 5.69 Å². The molecule has 5 heteroatoms. The number of amides is 1. The van der Waals surface area contributed by atoms with E-state index in [-0.39, 0.29) is 5.91 Å². The molecule has 0 aliphatic heterocycles. The van der Waals surface area contributed by atoms with Crippen molar-refractivity contribution in [1.29, 1.82) is 0 Å². The monoisotopic (exact) mass is 342 g/mol.